The van der Waals surface area contributed by atoms with Crippen molar-refractivity contribution in [1.82, 2.24) is 0 Å². The predicted molar refractivity (Wildman–Crippen MR) is 43.4 cm³/mol. The smallest absolute Gasteiger partial charge is 0.331 e. The van der Waals surface area contributed by atoms with Gasteiger partial charge in [-0.15, -0.1) is 6.58 Å². The van der Waals surface area contributed by atoms with Gasteiger partial charge >= 0.3 is 5.97 Å². The molecule has 0 aliphatic heterocycles. The van der Waals surface area contributed by atoms with Gasteiger partial charge in [-0.05, 0) is 6.92 Å². The Hall–Kier alpha value is -1.41. The molecule has 0 heterocycles. The maximum Gasteiger partial charge on any atom is 0.331 e. The first kappa shape index (κ1) is 10.6. The summed E-state index contributed by atoms with van der Waals surface area (Å²) in [6.07, 6.45) is 1.64. The number of carbonyl (C=O) groups is 1. The van der Waals surface area contributed by atoms with E-state index >= 15 is 0 Å². The zero-order valence-corrected chi connectivity index (χ0v) is 7.16. The number of esters is 1. The van der Waals surface area contributed by atoms with Gasteiger partial charge in [0.1, 0.15) is 0 Å². The molecule has 0 saturated heterocycles. The molecule has 1 atom stereocenters. The van der Waals surface area contributed by atoms with E-state index in [1.165, 1.54) is 13.2 Å². The average molecular weight is 169 g/mol. The molecule has 4 heteroatoms. The third-order valence-electron chi connectivity index (χ3n) is 1.22. The molecule has 66 valence electrons. The second-order valence-corrected chi connectivity index (χ2v) is 2.42. The lowest BCUT2D eigenvalue weighted by Gasteiger charge is -2.06. The lowest BCUT2D eigenvalue weighted by molar-refractivity contribution is -0.142. The summed E-state index contributed by atoms with van der Waals surface area (Å²) in [5, 5.41) is 0. The van der Waals surface area contributed by atoms with Gasteiger partial charge in [-0.1, -0.05) is 5.57 Å². The summed E-state index contributed by atoms with van der Waals surface area (Å²) in [6, 6.07) is -0.787. The number of nitrogens with zero attached hydrogens (tertiary/aromatic N) is 1. The van der Waals surface area contributed by atoms with Crippen molar-refractivity contribution in [2.24, 2.45) is 4.99 Å². The molecule has 0 aromatic carbocycles. The normalized spacial score (nSPS) is 11.2. The molecular weight excluding hydrogens is 158 g/mol. The van der Waals surface area contributed by atoms with Crippen molar-refractivity contribution >= 4 is 12.0 Å². The minimum atomic E-state index is -0.787. The van der Waals surface area contributed by atoms with Crippen LogP contribution in [0.1, 0.15) is 13.3 Å². The molecule has 0 aliphatic carbocycles. The van der Waals surface area contributed by atoms with Gasteiger partial charge in [-0.2, -0.15) is 4.99 Å². The van der Waals surface area contributed by atoms with Crippen LogP contribution < -0.4 is 0 Å². The van der Waals surface area contributed by atoms with Crippen LogP contribution in [0.2, 0.25) is 0 Å². The molecular formula is C8H11NO3. The van der Waals surface area contributed by atoms with E-state index < -0.39 is 12.0 Å². The zero-order chi connectivity index (χ0) is 9.56. The van der Waals surface area contributed by atoms with E-state index in [2.05, 4.69) is 16.3 Å². The molecule has 4 nitrogen and oxygen atoms in total. The number of ether oxygens (including phenoxy) is 1. The van der Waals surface area contributed by atoms with Gasteiger partial charge in [0.25, 0.3) is 0 Å². The minimum absolute atomic E-state index is 0.321. The van der Waals surface area contributed by atoms with Crippen LogP contribution >= 0.6 is 0 Å². The fourth-order valence-corrected chi connectivity index (χ4v) is 0.711. The van der Waals surface area contributed by atoms with E-state index in [1.807, 2.05) is 0 Å². The Morgan fingerprint density at radius 3 is 2.67 bits per heavy atom. The van der Waals surface area contributed by atoms with Gasteiger partial charge in [0.15, 0.2) is 6.04 Å². The molecule has 12 heavy (non-hydrogen) atoms. The fourth-order valence-electron chi connectivity index (χ4n) is 0.711. The molecule has 0 aromatic heterocycles. The van der Waals surface area contributed by atoms with E-state index in [1.54, 1.807) is 6.92 Å². The second kappa shape index (κ2) is 5.27. The Morgan fingerprint density at radius 1 is 1.75 bits per heavy atom. The van der Waals surface area contributed by atoms with E-state index in [0.29, 0.717) is 6.42 Å². The number of hydrogen-bond acceptors (Lipinski definition) is 4. The summed E-state index contributed by atoms with van der Waals surface area (Å²) < 4.78 is 4.41. The number of rotatable bonds is 4. The van der Waals surface area contributed by atoms with Crippen LogP contribution in [-0.4, -0.2) is 25.2 Å². The average Bonchev–Trinajstić information content (AvgIpc) is 2.01. The van der Waals surface area contributed by atoms with Crippen LogP contribution in [-0.2, 0) is 14.3 Å². The topological polar surface area (TPSA) is 55.7 Å². The molecule has 0 bridgehead atoms. The first-order valence-corrected chi connectivity index (χ1v) is 3.41. The molecule has 0 N–H and O–H groups in total. The number of carbonyl (C=O) groups excluding carboxylic acids is 2. The van der Waals surface area contributed by atoms with Gasteiger partial charge in [0.2, 0.25) is 6.08 Å². The molecule has 0 aliphatic rings. The Bertz CT molecular complexity index is 228. The SMILES string of the molecule is C=C(C)CC(N=C=O)C(=O)OC. The highest BCUT2D eigenvalue weighted by Crippen LogP contribution is 2.06. The van der Waals surface area contributed by atoms with Crippen molar-refractivity contribution in [3.8, 4) is 0 Å². The highest BCUT2D eigenvalue weighted by atomic mass is 16.5. The van der Waals surface area contributed by atoms with Crippen molar-refractivity contribution in [1.29, 1.82) is 0 Å². The molecule has 0 fully saturated rings. The largest absolute Gasteiger partial charge is 0.467 e. The third-order valence-corrected chi connectivity index (χ3v) is 1.22. The standard InChI is InChI=1S/C8H11NO3/c1-6(2)4-7(9-5-10)8(11)12-3/h7H,1,4H2,2-3H3. The summed E-state index contributed by atoms with van der Waals surface area (Å²) in [5.41, 5.74) is 0.768. The van der Waals surface area contributed by atoms with Crippen molar-refractivity contribution in [2.75, 3.05) is 7.11 Å². The minimum Gasteiger partial charge on any atom is -0.467 e. The maximum atomic E-state index is 10.9. The van der Waals surface area contributed by atoms with Crippen LogP contribution in [0.3, 0.4) is 0 Å². The highest BCUT2D eigenvalue weighted by molar-refractivity contribution is 5.77. The quantitative estimate of drug-likeness (QED) is 0.271. The summed E-state index contributed by atoms with van der Waals surface area (Å²) >= 11 is 0. The number of aliphatic imine (C=N–C) groups is 1. The Kier molecular flexibility index (Phi) is 4.65. The summed E-state index contributed by atoms with van der Waals surface area (Å²) in [4.78, 5) is 24.1. The Morgan fingerprint density at radius 2 is 2.33 bits per heavy atom. The third kappa shape index (κ3) is 3.68. The van der Waals surface area contributed by atoms with E-state index in [4.69, 9.17) is 0 Å². The van der Waals surface area contributed by atoms with Gasteiger partial charge in [-0.3, -0.25) is 0 Å². The Labute approximate surface area is 70.9 Å². The molecule has 0 radical (unpaired) electrons. The van der Waals surface area contributed by atoms with Crippen molar-refractivity contribution in [3.05, 3.63) is 12.2 Å². The van der Waals surface area contributed by atoms with Crippen LogP contribution in [0.25, 0.3) is 0 Å². The number of methoxy groups -OCH3 is 1. The van der Waals surface area contributed by atoms with Gasteiger partial charge in [0, 0.05) is 6.42 Å². The van der Waals surface area contributed by atoms with E-state index in [9.17, 15) is 9.59 Å². The Balaban J connectivity index is 4.32. The molecule has 0 aromatic rings. The molecule has 0 amide bonds. The van der Waals surface area contributed by atoms with Crippen molar-refractivity contribution in [2.45, 2.75) is 19.4 Å². The van der Waals surface area contributed by atoms with E-state index in [0.717, 1.165) is 5.57 Å². The van der Waals surface area contributed by atoms with E-state index in [-0.39, 0.29) is 0 Å². The van der Waals surface area contributed by atoms with Crippen LogP contribution in [0.4, 0.5) is 0 Å². The van der Waals surface area contributed by atoms with Gasteiger partial charge in [0.05, 0.1) is 7.11 Å². The molecule has 0 spiro atoms. The number of hydrogen-bond donors (Lipinski definition) is 0. The van der Waals surface area contributed by atoms with Gasteiger partial charge < -0.3 is 4.74 Å². The highest BCUT2D eigenvalue weighted by Gasteiger charge is 2.17. The second-order valence-electron chi connectivity index (χ2n) is 2.42. The summed E-state index contributed by atoms with van der Waals surface area (Å²) in [5.74, 6) is -0.540. The monoisotopic (exact) mass is 169 g/mol. The number of isocyanates is 1. The fraction of sp³-hybridized carbons (Fsp3) is 0.500. The predicted octanol–water partition coefficient (Wildman–Crippen LogP) is 0.830. The summed E-state index contributed by atoms with van der Waals surface area (Å²) in [6.45, 7) is 5.34. The van der Waals surface area contributed by atoms with Crippen LogP contribution in [0, 0.1) is 0 Å². The van der Waals surface area contributed by atoms with Crippen molar-refractivity contribution < 1.29 is 14.3 Å². The van der Waals surface area contributed by atoms with Crippen molar-refractivity contribution in [3.63, 3.8) is 0 Å². The summed E-state index contributed by atoms with van der Waals surface area (Å²) in [7, 11) is 1.24. The molecule has 1 unspecified atom stereocenters. The lowest BCUT2D eigenvalue weighted by Crippen LogP contribution is -2.20. The zero-order valence-electron chi connectivity index (χ0n) is 7.16. The lowest BCUT2D eigenvalue weighted by atomic mass is 10.1. The molecule has 0 rings (SSSR count). The first-order chi connectivity index (χ1) is 5.61. The van der Waals surface area contributed by atoms with Crippen LogP contribution in [0.15, 0.2) is 17.1 Å². The van der Waals surface area contributed by atoms with Crippen LogP contribution in [0.5, 0.6) is 0 Å². The maximum absolute atomic E-state index is 10.9. The molecule has 0 saturated carbocycles. The first-order valence-electron chi connectivity index (χ1n) is 3.41. The van der Waals surface area contributed by atoms with Gasteiger partial charge in [-0.25, -0.2) is 9.59 Å².